The van der Waals surface area contributed by atoms with E-state index in [2.05, 4.69) is 10.6 Å². The zero-order valence-electron chi connectivity index (χ0n) is 17.5. The molecule has 0 fully saturated rings. The number of carbonyl (C=O) groups excluding carboxylic acids is 2. The highest BCUT2D eigenvalue weighted by Gasteiger charge is 2.11. The van der Waals surface area contributed by atoms with Crippen LogP contribution in [0.4, 0.5) is 10.1 Å². The molecule has 0 saturated heterocycles. The summed E-state index contributed by atoms with van der Waals surface area (Å²) in [4.78, 5) is 24.5. The Morgan fingerprint density at radius 3 is 2.39 bits per heavy atom. The maximum atomic E-state index is 13.0. The molecule has 0 aliphatic carbocycles. The number of halogens is 1. The molecular formula is C25H25FN2O3. The number of hydrogen-bond donors (Lipinski definition) is 2. The third-order valence-corrected chi connectivity index (χ3v) is 4.93. The van der Waals surface area contributed by atoms with Gasteiger partial charge < -0.3 is 15.4 Å². The lowest BCUT2D eigenvalue weighted by Gasteiger charge is -2.15. The fraction of sp³-hybridized carbons (Fsp3) is 0.200. The van der Waals surface area contributed by atoms with Crippen molar-refractivity contribution >= 4 is 17.5 Å². The van der Waals surface area contributed by atoms with Gasteiger partial charge in [0.1, 0.15) is 11.6 Å². The van der Waals surface area contributed by atoms with Crippen molar-refractivity contribution in [2.75, 3.05) is 12.4 Å². The average Bonchev–Trinajstić information content (AvgIpc) is 2.78. The lowest BCUT2D eigenvalue weighted by Crippen LogP contribution is -2.26. The molecule has 0 saturated carbocycles. The predicted molar refractivity (Wildman–Crippen MR) is 119 cm³/mol. The van der Waals surface area contributed by atoms with Gasteiger partial charge in [-0.15, -0.1) is 0 Å². The van der Waals surface area contributed by atoms with E-state index in [1.165, 1.54) is 24.3 Å². The monoisotopic (exact) mass is 420 g/mol. The highest BCUT2D eigenvalue weighted by Crippen LogP contribution is 2.18. The lowest BCUT2D eigenvalue weighted by atomic mass is 10.1. The van der Waals surface area contributed by atoms with E-state index in [0.717, 1.165) is 16.9 Å². The van der Waals surface area contributed by atoms with Crippen molar-refractivity contribution in [3.63, 3.8) is 0 Å². The van der Waals surface area contributed by atoms with Gasteiger partial charge in [0.2, 0.25) is 5.91 Å². The molecular weight excluding hydrogens is 395 g/mol. The molecule has 0 aliphatic rings. The average molecular weight is 420 g/mol. The van der Waals surface area contributed by atoms with Gasteiger partial charge in [-0.1, -0.05) is 24.3 Å². The Bertz CT molecular complexity index is 1030. The summed E-state index contributed by atoms with van der Waals surface area (Å²) >= 11 is 0. The maximum absolute atomic E-state index is 13.0. The molecule has 1 atom stereocenters. The Balaban J connectivity index is 1.51. The fourth-order valence-electron chi connectivity index (χ4n) is 3.14. The van der Waals surface area contributed by atoms with Crippen LogP contribution in [0.5, 0.6) is 5.75 Å². The maximum Gasteiger partial charge on any atom is 0.255 e. The summed E-state index contributed by atoms with van der Waals surface area (Å²) in [7, 11) is 1.62. The largest absolute Gasteiger partial charge is 0.497 e. The van der Waals surface area contributed by atoms with Crippen LogP contribution in [0.2, 0.25) is 0 Å². The molecule has 2 amide bonds. The summed E-state index contributed by atoms with van der Waals surface area (Å²) in [5, 5.41) is 5.77. The van der Waals surface area contributed by atoms with Crippen LogP contribution in [0.25, 0.3) is 0 Å². The Morgan fingerprint density at radius 1 is 1.00 bits per heavy atom. The normalized spacial score (nSPS) is 11.5. The quantitative estimate of drug-likeness (QED) is 0.545. The van der Waals surface area contributed by atoms with Crippen LogP contribution in [-0.2, 0) is 11.2 Å². The molecule has 160 valence electrons. The highest BCUT2D eigenvalue weighted by atomic mass is 19.1. The fourth-order valence-corrected chi connectivity index (χ4v) is 3.14. The van der Waals surface area contributed by atoms with E-state index in [1.807, 2.05) is 43.3 Å². The third kappa shape index (κ3) is 6.40. The number of carbonyl (C=O) groups is 2. The van der Waals surface area contributed by atoms with E-state index in [9.17, 15) is 14.0 Å². The summed E-state index contributed by atoms with van der Waals surface area (Å²) in [5.74, 6) is 0.0361. The molecule has 3 rings (SSSR count). The number of benzene rings is 3. The second-order valence-electron chi connectivity index (χ2n) is 7.22. The first kappa shape index (κ1) is 22.0. The molecule has 6 heteroatoms. The zero-order valence-corrected chi connectivity index (χ0v) is 17.5. The van der Waals surface area contributed by atoms with Crippen LogP contribution < -0.4 is 15.4 Å². The number of anilines is 1. The number of nitrogens with one attached hydrogen (secondary N) is 2. The van der Waals surface area contributed by atoms with Crippen LogP contribution in [0.15, 0.2) is 72.8 Å². The molecule has 1 unspecified atom stereocenters. The van der Waals surface area contributed by atoms with E-state index >= 15 is 0 Å². The van der Waals surface area contributed by atoms with Gasteiger partial charge in [0.05, 0.1) is 13.2 Å². The van der Waals surface area contributed by atoms with E-state index in [-0.39, 0.29) is 23.7 Å². The molecule has 0 bridgehead atoms. The Kier molecular flexibility index (Phi) is 7.38. The molecule has 0 aliphatic heterocycles. The lowest BCUT2D eigenvalue weighted by molar-refractivity contribution is -0.121. The van der Waals surface area contributed by atoms with Crippen LogP contribution in [0.3, 0.4) is 0 Å². The summed E-state index contributed by atoms with van der Waals surface area (Å²) in [6, 6.07) is 20.1. The van der Waals surface area contributed by atoms with Crippen molar-refractivity contribution in [1.82, 2.24) is 5.32 Å². The van der Waals surface area contributed by atoms with Gasteiger partial charge in [0.15, 0.2) is 0 Å². The molecule has 0 radical (unpaired) electrons. The minimum absolute atomic E-state index is 0.0380. The third-order valence-electron chi connectivity index (χ3n) is 4.93. The van der Waals surface area contributed by atoms with Gasteiger partial charge in [-0.25, -0.2) is 4.39 Å². The van der Waals surface area contributed by atoms with Gasteiger partial charge in [-0.3, -0.25) is 9.59 Å². The molecule has 3 aromatic rings. The summed E-state index contributed by atoms with van der Waals surface area (Å²) in [6.45, 7) is 1.91. The van der Waals surface area contributed by atoms with Crippen molar-refractivity contribution in [1.29, 1.82) is 0 Å². The molecule has 31 heavy (non-hydrogen) atoms. The Hall–Kier alpha value is -3.67. The highest BCUT2D eigenvalue weighted by molar-refractivity contribution is 6.04. The summed E-state index contributed by atoms with van der Waals surface area (Å²) < 4.78 is 18.2. The molecule has 0 aromatic heterocycles. The first-order chi connectivity index (χ1) is 14.9. The van der Waals surface area contributed by atoms with Gasteiger partial charge in [0.25, 0.3) is 5.91 Å². The van der Waals surface area contributed by atoms with Crippen LogP contribution in [0, 0.1) is 5.82 Å². The van der Waals surface area contributed by atoms with Crippen LogP contribution in [-0.4, -0.2) is 18.9 Å². The molecule has 3 aromatic carbocycles. The van der Waals surface area contributed by atoms with Gasteiger partial charge in [0, 0.05) is 17.7 Å². The second kappa shape index (κ2) is 10.4. The van der Waals surface area contributed by atoms with E-state index in [0.29, 0.717) is 24.1 Å². The topological polar surface area (TPSA) is 67.4 Å². The smallest absolute Gasteiger partial charge is 0.255 e. The SMILES string of the molecule is COc1cccc(CCC(=O)NC(C)c2ccc(NC(=O)c3ccc(F)cc3)cc2)c1. The van der Waals surface area contributed by atoms with Crippen molar-refractivity contribution in [3.05, 3.63) is 95.3 Å². The Labute approximate surface area is 181 Å². The number of rotatable bonds is 8. The molecule has 0 heterocycles. The van der Waals surface area contributed by atoms with Gasteiger partial charge >= 0.3 is 0 Å². The van der Waals surface area contributed by atoms with Crippen molar-refractivity contribution in [3.8, 4) is 5.75 Å². The molecule has 0 spiro atoms. The van der Waals surface area contributed by atoms with Crippen molar-refractivity contribution in [2.24, 2.45) is 0 Å². The summed E-state index contributed by atoms with van der Waals surface area (Å²) in [5.41, 5.74) is 2.97. The van der Waals surface area contributed by atoms with Crippen molar-refractivity contribution < 1.29 is 18.7 Å². The Morgan fingerprint density at radius 2 is 1.71 bits per heavy atom. The molecule has 2 N–H and O–H groups in total. The summed E-state index contributed by atoms with van der Waals surface area (Å²) in [6.07, 6.45) is 1.01. The zero-order chi connectivity index (χ0) is 22.2. The first-order valence-corrected chi connectivity index (χ1v) is 10.0. The standard InChI is InChI=1S/C25H25FN2O3/c1-17(27-24(29)15-6-18-4-3-5-23(16-18)31-2)19-9-13-22(14-10-19)28-25(30)20-7-11-21(26)12-8-20/h3-5,7-14,16-17H,6,15H2,1-2H3,(H,27,29)(H,28,30). The van der Waals surface area contributed by atoms with Crippen molar-refractivity contribution in [2.45, 2.75) is 25.8 Å². The number of amides is 2. The molecule has 5 nitrogen and oxygen atoms in total. The van der Waals surface area contributed by atoms with Crippen LogP contribution in [0.1, 0.15) is 40.9 Å². The van der Waals surface area contributed by atoms with E-state index in [4.69, 9.17) is 4.74 Å². The number of aryl methyl sites for hydroxylation is 1. The number of hydrogen-bond acceptors (Lipinski definition) is 3. The van der Waals surface area contributed by atoms with E-state index in [1.54, 1.807) is 19.2 Å². The minimum Gasteiger partial charge on any atom is -0.497 e. The van der Waals surface area contributed by atoms with E-state index < -0.39 is 0 Å². The first-order valence-electron chi connectivity index (χ1n) is 10.0. The van der Waals surface area contributed by atoms with Crippen LogP contribution >= 0.6 is 0 Å². The van der Waals surface area contributed by atoms with Gasteiger partial charge in [-0.05, 0) is 73.0 Å². The minimum atomic E-state index is -0.388. The number of ether oxygens (including phenoxy) is 1. The number of methoxy groups -OCH3 is 1. The second-order valence-corrected chi connectivity index (χ2v) is 7.22. The van der Waals surface area contributed by atoms with Gasteiger partial charge in [-0.2, -0.15) is 0 Å². The predicted octanol–water partition coefficient (Wildman–Crippen LogP) is 4.90.